The molecule has 0 aliphatic carbocycles. The predicted octanol–water partition coefficient (Wildman–Crippen LogP) is 2.04. The number of carbonyl (C=O) groups is 1. The van der Waals surface area contributed by atoms with Crippen LogP contribution in [0.2, 0.25) is 5.15 Å². The standard InChI is InChI=1S/C13H17ClFN3O/c1-8-6-18(7-9(2)17(8)3)13(19)11-4-10(15)5-16-12(11)14/h4-5,8-9H,6-7H2,1-3H3. The highest BCUT2D eigenvalue weighted by atomic mass is 35.5. The first-order valence-corrected chi connectivity index (χ1v) is 6.60. The van der Waals surface area contributed by atoms with Gasteiger partial charge in [0.1, 0.15) is 11.0 Å². The Labute approximate surface area is 117 Å². The summed E-state index contributed by atoms with van der Waals surface area (Å²) in [6, 6.07) is 1.66. The van der Waals surface area contributed by atoms with Crippen molar-refractivity contribution >= 4 is 17.5 Å². The average molecular weight is 286 g/mol. The monoisotopic (exact) mass is 285 g/mol. The highest BCUT2D eigenvalue weighted by molar-refractivity contribution is 6.32. The molecule has 1 fully saturated rings. The van der Waals surface area contributed by atoms with E-state index in [0.717, 1.165) is 12.3 Å². The fourth-order valence-electron chi connectivity index (χ4n) is 2.31. The second kappa shape index (κ2) is 5.43. The molecule has 0 radical (unpaired) electrons. The Morgan fingerprint density at radius 1 is 1.42 bits per heavy atom. The smallest absolute Gasteiger partial charge is 0.257 e. The molecule has 1 aromatic heterocycles. The first-order chi connectivity index (χ1) is 8.90. The van der Waals surface area contributed by atoms with Crippen LogP contribution in [0.5, 0.6) is 0 Å². The maximum absolute atomic E-state index is 13.2. The van der Waals surface area contributed by atoms with Gasteiger partial charge in [0.25, 0.3) is 5.91 Å². The number of amides is 1. The molecule has 0 spiro atoms. The molecular weight excluding hydrogens is 269 g/mol. The normalized spacial score (nSPS) is 24.6. The number of aromatic nitrogens is 1. The number of hydrogen-bond donors (Lipinski definition) is 0. The van der Waals surface area contributed by atoms with E-state index < -0.39 is 5.82 Å². The molecule has 2 atom stereocenters. The molecule has 104 valence electrons. The van der Waals surface area contributed by atoms with Gasteiger partial charge in [0.05, 0.1) is 11.8 Å². The number of halogens is 2. The quantitative estimate of drug-likeness (QED) is 0.741. The Hall–Kier alpha value is -1.20. The Morgan fingerprint density at radius 2 is 2.00 bits per heavy atom. The van der Waals surface area contributed by atoms with Crippen molar-refractivity contribution in [3.05, 3.63) is 28.8 Å². The van der Waals surface area contributed by atoms with Gasteiger partial charge < -0.3 is 4.90 Å². The van der Waals surface area contributed by atoms with Gasteiger partial charge in [-0.25, -0.2) is 9.37 Å². The van der Waals surface area contributed by atoms with E-state index in [1.165, 1.54) is 0 Å². The molecule has 0 saturated carbocycles. The third-order valence-corrected chi connectivity index (χ3v) is 3.98. The van der Waals surface area contributed by atoms with E-state index in [-0.39, 0.29) is 28.7 Å². The third kappa shape index (κ3) is 2.87. The molecule has 0 N–H and O–H groups in total. The summed E-state index contributed by atoms with van der Waals surface area (Å²) in [7, 11) is 2.04. The van der Waals surface area contributed by atoms with Crippen LogP contribution in [0.3, 0.4) is 0 Å². The van der Waals surface area contributed by atoms with E-state index >= 15 is 0 Å². The zero-order chi connectivity index (χ0) is 14.2. The summed E-state index contributed by atoms with van der Waals surface area (Å²) in [5.41, 5.74) is 0.130. The van der Waals surface area contributed by atoms with Gasteiger partial charge in [0, 0.05) is 25.2 Å². The fraction of sp³-hybridized carbons (Fsp3) is 0.538. The first-order valence-electron chi connectivity index (χ1n) is 6.22. The van der Waals surface area contributed by atoms with E-state index in [2.05, 4.69) is 23.7 Å². The van der Waals surface area contributed by atoms with Gasteiger partial charge in [0.2, 0.25) is 0 Å². The lowest BCUT2D eigenvalue weighted by Crippen LogP contribution is -2.56. The predicted molar refractivity (Wildman–Crippen MR) is 71.8 cm³/mol. The second-order valence-corrected chi connectivity index (χ2v) is 5.42. The molecule has 1 amide bonds. The maximum atomic E-state index is 13.2. The summed E-state index contributed by atoms with van der Waals surface area (Å²) in [5, 5.41) is 0.0469. The Kier molecular flexibility index (Phi) is 4.06. The SMILES string of the molecule is CC1CN(C(=O)c2cc(F)cnc2Cl)CC(C)N1C. The van der Waals surface area contributed by atoms with Crippen LogP contribution in [0.1, 0.15) is 24.2 Å². The molecule has 6 heteroatoms. The lowest BCUT2D eigenvalue weighted by Gasteiger charge is -2.42. The van der Waals surface area contributed by atoms with Crippen LogP contribution in [-0.4, -0.2) is 52.9 Å². The summed E-state index contributed by atoms with van der Waals surface area (Å²) < 4.78 is 13.2. The first kappa shape index (κ1) is 14.2. The number of piperazine rings is 1. The van der Waals surface area contributed by atoms with Crippen LogP contribution in [0.25, 0.3) is 0 Å². The van der Waals surface area contributed by atoms with Crippen molar-refractivity contribution < 1.29 is 9.18 Å². The number of likely N-dealkylation sites (N-methyl/N-ethyl adjacent to an activating group) is 1. The van der Waals surface area contributed by atoms with Gasteiger partial charge in [-0.05, 0) is 27.0 Å². The van der Waals surface area contributed by atoms with Crippen molar-refractivity contribution in [3.63, 3.8) is 0 Å². The second-order valence-electron chi connectivity index (χ2n) is 5.07. The van der Waals surface area contributed by atoms with E-state index in [9.17, 15) is 9.18 Å². The Bertz CT molecular complexity index is 485. The van der Waals surface area contributed by atoms with Gasteiger partial charge in [-0.2, -0.15) is 0 Å². The van der Waals surface area contributed by atoms with E-state index in [4.69, 9.17) is 11.6 Å². The van der Waals surface area contributed by atoms with Crippen molar-refractivity contribution in [2.75, 3.05) is 20.1 Å². The molecule has 1 aliphatic rings. The molecule has 4 nitrogen and oxygen atoms in total. The summed E-state index contributed by atoms with van der Waals surface area (Å²) in [4.78, 5) is 20.0. The number of rotatable bonds is 1. The summed E-state index contributed by atoms with van der Waals surface area (Å²) in [6.07, 6.45) is 1.01. The van der Waals surface area contributed by atoms with Gasteiger partial charge in [-0.15, -0.1) is 0 Å². The lowest BCUT2D eigenvalue weighted by molar-refractivity contribution is 0.0413. The minimum absolute atomic E-state index is 0.0469. The molecule has 0 bridgehead atoms. The van der Waals surface area contributed by atoms with Gasteiger partial charge in [0.15, 0.2) is 0 Å². The number of pyridine rings is 1. The molecule has 0 aromatic carbocycles. The van der Waals surface area contributed by atoms with E-state index in [1.807, 2.05) is 7.05 Å². The topological polar surface area (TPSA) is 36.4 Å². The van der Waals surface area contributed by atoms with Gasteiger partial charge in [-0.3, -0.25) is 9.69 Å². The van der Waals surface area contributed by atoms with E-state index in [0.29, 0.717) is 13.1 Å². The Balaban J connectivity index is 2.22. The number of hydrogen-bond acceptors (Lipinski definition) is 3. The molecule has 1 aromatic rings. The molecular formula is C13H17ClFN3O. The van der Waals surface area contributed by atoms with Gasteiger partial charge in [-0.1, -0.05) is 11.6 Å². The van der Waals surface area contributed by atoms with Crippen LogP contribution in [0, 0.1) is 5.82 Å². The molecule has 1 aliphatic heterocycles. The zero-order valence-electron chi connectivity index (χ0n) is 11.2. The largest absolute Gasteiger partial charge is 0.335 e. The fourth-order valence-corrected chi connectivity index (χ4v) is 2.50. The van der Waals surface area contributed by atoms with Crippen LogP contribution >= 0.6 is 11.6 Å². The molecule has 2 rings (SSSR count). The van der Waals surface area contributed by atoms with Crippen molar-refractivity contribution in [2.45, 2.75) is 25.9 Å². The van der Waals surface area contributed by atoms with Crippen LogP contribution in [0.15, 0.2) is 12.3 Å². The van der Waals surface area contributed by atoms with Crippen molar-refractivity contribution in [3.8, 4) is 0 Å². The van der Waals surface area contributed by atoms with Crippen molar-refractivity contribution in [2.24, 2.45) is 0 Å². The molecule has 2 heterocycles. The summed E-state index contributed by atoms with van der Waals surface area (Å²) in [5.74, 6) is -0.813. The van der Waals surface area contributed by atoms with E-state index in [1.54, 1.807) is 4.90 Å². The molecule has 1 saturated heterocycles. The third-order valence-electron chi connectivity index (χ3n) is 3.68. The van der Waals surface area contributed by atoms with Crippen molar-refractivity contribution in [1.29, 1.82) is 0 Å². The summed E-state index contributed by atoms with van der Waals surface area (Å²) >= 11 is 5.88. The maximum Gasteiger partial charge on any atom is 0.257 e. The number of nitrogens with zero attached hydrogens (tertiary/aromatic N) is 3. The summed E-state index contributed by atoms with van der Waals surface area (Å²) in [6.45, 7) is 5.32. The van der Waals surface area contributed by atoms with Crippen LogP contribution in [-0.2, 0) is 0 Å². The minimum Gasteiger partial charge on any atom is -0.335 e. The molecule has 2 unspecified atom stereocenters. The highest BCUT2D eigenvalue weighted by Crippen LogP contribution is 2.20. The zero-order valence-corrected chi connectivity index (χ0v) is 12.0. The lowest BCUT2D eigenvalue weighted by atomic mass is 10.1. The van der Waals surface area contributed by atoms with Crippen molar-refractivity contribution in [1.82, 2.24) is 14.8 Å². The highest BCUT2D eigenvalue weighted by Gasteiger charge is 2.30. The number of carbonyl (C=O) groups excluding carboxylic acids is 1. The Morgan fingerprint density at radius 3 is 2.58 bits per heavy atom. The van der Waals surface area contributed by atoms with Crippen LogP contribution in [0.4, 0.5) is 4.39 Å². The minimum atomic E-state index is -0.553. The molecule has 19 heavy (non-hydrogen) atoms. The van der Waals surface area contributed by atoms with Crippen LogP contribution < -0.4 is 0 Å². The average Bonchev–Trinajstić information content (AvgIpc) is 2.37. The van der Waals surface area contributed by atoms with Gasteiger partial charge >= 0.3 is 0 Å².